The molecule has 1 fully saturated rings. The van der Waals surface area contributed by atoms with Crippen molar-refractivity contribution in [1.29, 1.82) is 0 Å². The molecule has 0 unspecified atom stereocenters. The van der Waals surface area contributed by atoms with E-state index in [9.17, 15) is 4.79 Å². The van der Waals surface area contributed by atoms with E-state index < -0.39 is 0 Å². The Hall–Kier alpha value is -1.42. The minimum Gasteiger partial charge on any atom is -0.340 e. The molecule has 1 aliphatic rings. The number of hydrogen-bond donors (Lipinski definition) is 0. The van der Waals surface area contributed by atoms with Gasteiger partial charge >= 0.3 is 0 Å². The molecule has 1 aromatic heterocycles. The Morgan fingerprint density at radius 3 is 2.42 bits per heavy atom. The van der Waals surface area contributed by atoms with Crippen LogP contribution in [0.1, 0.15) is 25.8 Å². The lowest BCUT2D eigenvalue weighted by molar-refractivity contribution is -0.133. The summed E-state index contributed by atoms with van der Waals surface area (Å²) in [5.41, 5.74) is 1.29. The number of amides is 1. The number of nitrogens with zero attached hydrogens (tertiary/aromatic N) is 3. The van der Waals surface area contributed by atoms with Crippen molar-refractivity contribution >= 4 is 5.91 Å². The monoisotopic (exact) mass is 261 g/mol. The molecule has 0 spiro atoms. The highest BCUT2D eigenvalue weighted by atomic mass is 16.2. The van der Waals surface area contributed by atoms with E-state index in [1.807, 2.05) is 17.3 Å². The van der Waals surface area contributed by atoms with Gasteiger partial charge < -0.3 is 4.90 Å². The number of pyridine rings is 1. The molecule has 1 amide bonds. The van der Waals surface area contributed by atoms with Gasteiger partial charge in [-0.25, -0.2) is 0 Å². The predicted octanol–water partition coefficient (Wildman–Crippen LogP) is 1.77. The molecule has 1 aliphatic heterocycles. The Morgan fingerprint density at radius 1 is 1.21 bits per heavy atom. The number of piperazine rings is 1. The van der Waals surface area contributed by atoms with Gasteiger partial charge in [0.05, 0.1) is 0 Å². The second kappa shape index (κ2) is 6.66. The van der Waals surface area contributed by atoms with Crippen molar-refractivity contribution < 1.29 is 4.79 Å². The van der Waals surface area contributed by atoms with Gasteiger partial charge in [-0.05, 0) is 23.6 Å². The Morgan fingerprint density at radius 2 is 1.84 bits per heavy atom. The van der Waals surface area contributed by atoms with Gasteiger partial charge in [-0.2, -0.15) is 0 Å². The van der Waals surface area contributed by atoms with E-state index in [-0.39, 0.29) is 0 Å². The van der Waals surface area contributed by atoms with Crippen molar-refractivity contribution in [2.45, 2.75) is 26.8 Å². The molecule has 2 rings (SSSR count). The fourth-order valence-corrected chi connectivity index (χ4v) is 2.38. The predicted molar refractivity (Wildman–Crippen MR) is 75.5 cm³/mol. The van der Waals surface area contributed by atoms with E-state index in [1.54, 1.807) is 0 Å². The van der Waals surface area contributed by atoms with Gasteiger partial charge in [-0.1, -0.05) is 13.8 Å². The van der Waals surface area contributed by atoms with E-state index in [2.05, 4.69) is 35.9 Å². The number of carbonyl (C=O) groups is 1. The molecule has 0 radical (unpaired) electrons. The van der Waals surface area contributed by atoms with Crippen molar-refractivity contribution in [2.24, 2.45) is 5.92 Å². The quantitative estimate of drug-likeness (QED) is 0.829. The maximum atomic E-state index is 12.0. The summed E-state index contributed by atoms with van der Waals surface area (Å²) in [5.74, 6) is 0.751. The molecule has 0 bridgehead atoms. The zero-order chi connectivity index (χ0) is 13.7. The summed E-state index contributed by atoms with van der Waals surface area (Å²) in [6.07, 6.45) is 4.33. The third-order valence-electron chi connectivity index (χ3n) is 3.46. The first-order valence-corrected chi connectivity index (χ1v) is 7.04. The fraction of sp³-hybridized carbons (Fsp3) is 0.600. The maximum Gasteiger partial charge on any atom is 0.222 e. The lowest BCUT2D eigenvalue weighted by atomic mass is 10.1. The van der Waals surface area contributed by atoms with Crippen LogP contribution >= 0.6 is 0 Å². The fourth-order valence-electron chi connectivity index (χ4n) is 2.38. The van der Waals surface area contributed by atoms with Crippen molar-refractivity contribution in [3.63, 3.8) is 0 Å². The highest BCUT2D eigenvalue weighted by Crippen LogP contribution is 2.10. The minimum atomic E-state index is 0.304. The average Bonchev–Trinajstić information content (AvgIpc) is 2.40. The van der Waals surface area contributed by atoms with Crippen LogP contribution in [0, 0.1) is 5.92 Å². The second-order valence-corrected chi connectivity index (χ2v) is 5.61. The van der Waals surface area contributed by atoms with Gasteiger partial charge in [0.2, 0.25) is 5.91 Å². The highest BCUT2D eigenvalue weighted by molar-refractivity contribution is 5.76. The van der Waals surface area contributed by atoms with Gasteiger partial charge in [0, 0.05) is 51.5 Å². The standard InChI is InChI=1S/C15H23N3O/c1-13(2)11-15(19)18-9-7-17(8-10-18)12-14-3-5-16-6-4-14/h3-6,13H,7-12H2,1-2H3. The average molecular weight is 261 g/mol. The van der Waals surface area contributed by atoms with Crippen LogP contribution in [-0.4, -0.2) is 46.9 Å². The van der Waals surface area contributed by atoms with Crippen LogP contribution in [0.25, 0.3) is 0 Å². The van der Waals surface area contributed by atoms with E-state index >= 15 is 0 Å². The first kappa shape index (κ1) is 14.0. The molecule has 0 aromatic carbocycles. The zero-order valence-corrected chi connectivity index (χ0v) is 11.9. The van der Waals surface area contributed by atoms with Crippen LogP contribution in [0.5, 0.6) is 0 Å². The Balaban J connectivity index is 1.78. The summed E-state index contributed by atoms with van der Waals surface area (Å²) in [6, 6.07) is 4.10. The smallest absolute Gasteiger partial charge is 0.222 e. The van der Waals surface area contributed by atoms with Crippen LogP contribution < -0.4 is 0 Å². The van der Waals surface area contributed by atoms with E-state index in [0.29, 0.717) is 18.2 Å². The first-order chi connectivity index (χ1) is 9.15. The van der Waals surface area contributed by atoms with Crippen LogP contribution in [0.15, 0.2) is 24.5 Å². The minimum absolute atomic E-state index is 0.304. The molecular formula is C15H23N3O. The summed E-state index contributed by atoms with van der Waals surface area (Å²) in [5, 5.41) is 0. The molecule has 1 aromatic rings. The Kier molecular flexibility index (Phi) is 4.91. The number of carbonyl (C=O) groups excluding carboxylic acids is 1. The largest absolute Gasteiger partial charge is 0.340 e. The molecule has 1 saturated heterocycles. The second-order valence-electron chi connectivity index (χ2n) is 5.61. The molecule has 2 heterocycles. The maximum absolute atomic E-state index is 12.0. The van der Waals surface area contributed by atoms with Gasteiger partial charge in [-0.3, -0.25) is 14.7 Å². The molecule has 0 saturated carbocycles. The number of aromatic nitrogens is 1. The lowest BCUT2D eigenvalue weighted by Gasteiger charge is -2.35. The van der Waals surface area contributed by atoms with E-state index in [1.165, 1.54) is 5.56 Å². The summed E-state index contributed by atoms with van der Waals surface area (Å²) in [6.45, 7) is 8.79. The van der Waals surface area contributed by atoms with Crippen molar-refractivity contribution in [1.82, 2.24) is 14.8 Å². The molecule has 19 heavy (non-hydrogen) atoms. The molecule has 0 N–H and O–H groups in total. The highest BCUT2D eigenvalue weighted by Gasteiger charge is 2.21. The summed E-state index contributed by atoms with van der Waals surface area (Å²) >= 11 is 0. The molecule has 4 heteroatoms. The SMILES string of the molecule is CC(C)CC(=O)N1CCN(Cc2ccncc2)CC1. The van der Waals surface area contributed by atoms with Crippen molar-refractivity contribution in [3.05, 3.63) is 30.1 Å². The lowest BCUT2D eigenvalue weighted by Crippen LogP contribution is -2.48. The van der Waals surface area contributed by atoms with E-state index in [4.69, 9.17) is 0 Å². The van der Waals surface area contributed by atoms with Crippen LogP contribution in [0.4, 0.5) is 0 Å². The van der Waals surface area contributed by atoms with E-state index in [0.717, 1.165) is 32.7 Å². The number of rotatable bonds is 4. The van der Waals surface area contributed by atoms with Crippen LogP contribution in [-0.2, 0) is 11.3 Å². The Bertz CT molecular complexity index is 397. The summed E-state index contributed by atoms with van der Waals surface area (Å²) < 4.78 is 0. The third-order valence-corrected chi connectivity index (χ3v) is 3.46. The van der Waals surface area contributed by atoms with Crippen LogP contribution in [0.2, 0.25) is 0 Å². The van der Waals surface area contributed by atoms with Gasteiger partial charge in [0.15, 0.2) is 0 Å². The van der Waals surface area contributed by atoms with Crippen molar-refractivity contribution in [3.8, 4) is 0 Å². The van der Waals surface area contributed by atoms with Crippen molar-refractivity contribution in [2.75, 3.05) is 26.2 Å². The van der Waals surface area contributed by atoms with Crippen LogP contribution in [0.3, 0.4) is 0 Å². The van der Waals surface area contributed by atoms with Gasteiger partial charge in [-0.15, -0.1) is 0 Å². The molecular weight excluding hydrogens is 238 g/mol. The Labute approximate surface area is 115 Å². The molecule has 0 aliphatic carbocycles. The first-order valence-electron chi connectivity index (χ1n) is 7.04. The molecule has 104 valence electrons. The number of hydrogen-bond acceptors (Lipinski definition) is 3. The topological polar surface area (TPSA) is 36.4 Å². The third kappa shape index (κ3) is 4.31. The zero-order valence-electron chi connectivity index (χ0n) is 11.9. The molecule has 0 atom stereocenters. The molecule has 4 nitrogen and oxygen atoms in total. The van der Waals surface area contributed by atoms with Gasteiger partial charge in [0.1, 0.15) is 0 Å². The van der Waals surface area contributed by atoms with Gasteiger partial charge in [0.25, 0.3) is 0 Å². The summed E-state index contributed by atoms with van der Waals surface area (Å²) in [4.78, 5) is 20.4. The normalized spacial score (nSPS) is 16.9. The summed E-state index contributed by atoms with van der Waals surface area (Å²) in [7, 11) is 0.